The van der Waals surface area contributed by atoms with Gasteiger partial charge in [0.05, 0.1) is 18.6 Å². The molecule has 2 fully saturated rings. The second-order valence-corrected chi connectivity index (χ2v) is 8.03. The number of carboxylic acid groups (broad SMARTS) is 1. The Morgan fingerprint density at radius 2 is 1.96 bits per heavy atom. The maximum atomic E-state index is 9.88. The molecular weight excluding hydrogens is 384 g/mol. The van der Waals surface area contributed by atoms with E-state index in [-0.39, 0.29) is 30.0 Å². The van der Waals surface area contributed by atoms with Crippen molar-refractivity contribution in [3.63, 3.8) is 0 Å². The van der Waals surface area contributed by atoms with E-state index in [2.05, 4.69) is 20.2 Å². The number of nitrogens with two attached hydrogens (primary N) is 1. The summed E-state index contributed by atoms with van der Waals surface area (Å²) in [6, 6.07) is 0.233. The standard InChI is InChI=1S/C13H20ClN5O.C5H11NO2/c1-7(2)16-11-10(15)12(18-13(14)17-11)19-5-8-3-4-9(6-19)20-8;1-6(2)4-3-5(7)8/h7-9H,3-6,15H2,1-2H3,(H,16,17,18);3-4H2,1-2H3,(H,7,8). The van der Waals surface area contributed by atoms with Gasteiger partial charge in [0, 0.05) is 25.7 Å². The smallest absolute Gasteiger partial charge is 0.304 e. The van der Waals surface area contributed by atoms with Crippen LogP contribution in [0.3, 0.4) is 0 Å². The van der Waals surface area contributed by atoms with Gasteiger partial charge in [-0.1, -0.05) is 0 Å². The molecule has 10 heteroatoms. The second-order valence-electron chi connectivity index (χ2n) is 7.69. The predicted octanol–water partition coefficient (Wildman–Crippen LogP) is 1.92. The van der Waals surface area contributed by atoms with Crippen LogP contribution in [0.2, 0.25) is 5.28 Å². The van der Waals surface area contributed by atoms with Crippen LogP contribution < -0.4 is 16.0 Å². The van der Waals surface area contributed by atoms with Crippen molar-refractivity contribution in [3.05, 3.63) is 5.28 Å². The first-order valence-corrected chi connectivity index (χ1v) is 9.90. The summed E-state index contributed by atoms with van der Waals surface area (Å²) in [5.41, 5.74) is 6.77. The van der Waals surface area contributed by atoms with Gasteiger partial charge in [0.2, 0.25) is 5.28 Å². The van der Waals surface area contributed by atoms with E-state index < -0.39 is 5.97 Å². The molecule has 2 atom stereocenters. The zero-order valence-electron chi connectivity index (χ0n) is 17.0. The molecule has 0 aliphatic carbocycles. The third kappa shape index (κ3) is 6.65. The molecule has 0 radical (unpaired) electrons. The molecule has 0 aromatic carbocycles. The number of nitrogens with one attached hydrogen (secondary N) is 1. The van der Waals surface area contributed by atoms with Gasteiger partial charge in [-0.2, -0.15) is 9.97 Å². The summed E-state index contributed by atoms with van der Waals surface area (Å²) in [7, 11) is 3.70. The second kappa shape index (κ2) is 10.1. The molecule has 1 aromatic heterocycles. The first kappa shape index (κ1) is 22.4. The zero-order chi connectivity index (χ0) is 20.8. The quantitative estimate of drug-likeness (QED) is 0.600. The molecule has 0 spiro atoms. The molecule has 2 bridgehead atoms. The lowest BCUT2D eigenvalue weighted by Gasteiger charge is -2.33. The molecule has 3 rings (SSSR count). The molecule has 9 nitrogen and oxygen atoms in total. The van der Waals surface area contributed by atoms with Crippen molar-refractivity contribution in [2.75, 3.05) is 49.7 Å². The van der Waals surface area contributed by atoms with Gasteiger partial charge in [0.25, 0.3) is 0 Å². The number of aromatic nitrogens is 2. The number of ether oxygens (including phenoxy) is 1. The Bertz CT molecular complexity index is 661. The van der Waals surface area contributed by atoms with Crippen LogP contribution in [-0.4, -0.2) is 77.9 Å². The average Bonchev–Trinajstić information content (AvgIpc) is 2.94. The highest BCUT2D eigenvalue weighted by atomic mass is 35.5. The van der Waals surface area contributed by atoms with E-state index >= 15 is 0 Å². The molecule has 0 saturated carbocycles. The van der Waals surface area contributed by atoms with Crippen LogP contribution in [0.1, 0.15) is 33.1 Å². The van der Waals surface area contributed by atoms with E-state index in [9.17, 15) is 4.79 Å². The van der Waals surface area contributed by atoms with E-state index in [1.165, 1.54) is 0 Å². The molecule has 4 N–H and O–H groups in total. The lowest BCUT2D eigenvalue weighted by Crippen LogP contribution is -2.43. The number of hydrogen-bond acceptors (Lipinski definition) is 8. The van der Waals surface area contributed by atoms with Crippen molar-refractivity contribution in [1.29, 1.82) is 0 Å². The van der Waals surface area contributed by atoms with Crippen molar-refractivity contribution in [2.24, 2.45) is 0 Å². The van der Waals surface area contributed by atoms with Gasteiger partial charge in [-0.15, -0.1) is 0 Å². The summed E-state index contributed by atoms with van der Waals surface area (Å²) in [6.07, 6.45) is 3.01. The third-order valence-electron chi connectivity index (χ3n) is 4.44. The topological polar surface area (TPSA) is 117 Å². The number of hydrogen-bond donors (Lipinski definition) is 3. The number of rotatable bonds is 6. The summed E-state index contributed by atoms with van der Waals surface area (Å²) in [6.45, 7) is 6.31. The SMILES string of the molecule is CC(C)Nc1nc(Cl)nc(N2CC3CCC(C2)O3)c1N.CN(C)CCC(=O)O. The van der Waals surface area contributed by atoms with E-state index in [4.69, 9.17) is 27.2 Å². The molecule has 158 valence electrons. The van der Waals surface area contributed by atoms with Crippen LogP contribution in [-0.2, 0) is 9.53 Å². The lowest BCUT2D eigenvalue weighted by molar-refractivity contribution is -0.137. The fraction of sp³-hybridized carbons (Fsp3) is 0.722. The van der Waals surface area contributed by atoms with Gasteiger partial charge in [-0.25, -0.2) is 0 Å². The van der Waals surface area contributed by atoms with Gasteiger partial charge < -0.3 is 30.7 Å². The fourth-order valence-electron chi connectivity index (χ4n) is 3.16. The number of nitrogen functional groups attached to an aromatic ring is 1. The summed E-state index contributed by atoms with van der Waals surface area (Å²) in [4.78, 5) is 22.4. The molecule has 2 unspecified atom stereocenters. The molecule has 1 aromatic rings. The van der Waals surface area contributed by atoms with Crippen molar-refractivity contribution in [3.8, 4) is 0 Å². The van der Waals surface area contributed by atoms with Crippen molar-refractivity contribution in [1.82, 2.24) is 14.9 Å². The van der Waals surface area contributed by atoms with Gasteiger partial charge in [-0.3, -0.25) is 4.79 Å². The molecule has 3 heterocycles. The minimum atomic E-state index is -0.737. The number of aliphatic carboxylic acids is 1. The summed E-state index contributed by atoms with van der Waals surface area (Å²) < 4.78 is 5.84. The van der Waals surface area contributed by atoms with Crippen molar-refractivity contribution >= 4 is 34.9 Å². The summed E-state index contributed by atoms with van der Waals surface area (Å²) in [5.74, 6) is 0.584. The summed E-state index contributed by atoms with van der Waals surface area (Å²) >= 11 is 6.04. The summed E-state index contributed by atoms with van der Waals surface area (Å²) in [5, 5.41) is 11.6. The monoisotopic (exact) mass is 414 g/mol. The van der Waals surface area contributed by atoms with Crippen molar-refractivity contribution < 1.29 is 14.6 Å². The molecule has 2 saturated heterocycles. The normalized spacial score (nSPS) is 20.9. The van der Waals surface area contributed by atoms with Crippen LogP contribution in [0.25, 0.3) is 0 Å². The molecule has 2 aliphatic rings. The fourth-order valence-corrected chi connectivity index (χ4v) is 3.33. The molecule has 0 amide bonds. The first-order chi connectivity index (χ1) is 13.2. The molecule has 2 aliphatic heterocycles. The van der Waals surface area contributed by atoms with E-state index in [0.717, 1.165) is 25.9 Å². The van der Waals surface area contributed by atoms with Gasteiger partial charge in [0.1, 0.15) is 5.69 Å². The number of carboxylic acids is 1. The largest absolute Gasteiger partial charge is 0.481 e. The number of anilines is 3. The molecular formula is C18H31ClN6O3. The van der Waals surface area contributed by atoms with E-state index in [1.54, 1.807) is 0 Å². The van der Waals surface area contributed by atoms with Crippen LogP contribution in [0.4, 0.5) is 17.3 Å². The Kier molecular flexibility index (Phi) is 8.09. The van der Waals surface area contributed by atoms with Crippen LogP contribution >= 0.6 is 11.6 Å². The van der Waals surface area contributed by atoms with Gasteiger partial charge in [-0.05, 0) is 52.4 Å². The van der Waals surface area contributed by atoms with Crippen molar-refractivity contribution in [2.45, 2.75) is 51.4 Å². The lowest BCUT2D eigenvalue weighted by atomic mass is 10.2. The highest BCUT2D eigenvalue weighted by Crippen LogP contribution is 2.34. The third-order valence-corrected chi connectivity index (χ3v) is 4.61. The molecule has 28 heavy (non-hydrogen) atoms. The predicted molar refractivity (Wildman–Crippen MR) is 111 cm³/mol. The number of halogens is 1. The van der Waals surface area contributed by atoms with E-state index in [1.807, 2.05) is 32.8 Å². The minimum Gasteiger partial charge on any atom is -0.481 e. The Labute approximate surface area is 171 Å². The number of fused-ring (bicyclic) bond motifs is 2. The highest BCUT2D eigenvalue weighted by Gasteiger charge is 2.35. The van der Waals surface area contributed by atoms with Crippen LogP contribution in [0, 0.1) is 0 Å². The Morgan fingerprint density at radius 3 is 2.43 bits per heavy atom. The Hall–Kier alpha value is -1.84. The average molecular weight is 415 g/mol. The van der Waals surface area contributed by atoms with Crippen LogP contribution in [0.15, 0.2) is 0 Å². The van der Waals surface area contributed by atoms with Gasteiger partial charge >= 0.3 is 5.97 Å². The Balaban J connectivity index is 0.000000300. The highest BCUT2D eigenvalue weighted by molar-refractivity contribution is 6.28. The first-order valence-electron chi connectivity index (χ1n) is 9.52. The number of morpholine rings is 1. The minimum absolute atomic E-state index is 0.219. The van der Waals surface area contributed by atoms with E-state index in [0.29, 0.717) is 23.9 Å². The maximum absolute atomic E-state index is 9.88. The number of carbonyl (C=O) groups is 1. The maximum Gasteiger partial charge on any atom is 0.304 e. The Morgan fingerprint density at radius 1 is 1.36 bits per heavy atom. The van der Waals surface area contributed by atoms with Crippen LogP contribution in [0.5, 0.6) is 0 Å². The van der Waals surface area contributed by atoms with Gasteiger partial charge in [0.15, 0.2) is 11.6 Å². The zero-order valence-corrected chi connectivity index (χ0v) is 17.7. The number of nitrogens with zero attached hydrogens (tertiary/aromatic N) is 4.